The second-order valence-corrected chi connectivity index (χ2v) is 24.7. The first kappa shape index (κ1) is 54.0. The standard InChI is InChI=1S/C86H61N7/c1-2-22-57(23-3-1)50-84-87-85(51-58-24-20-26-60(48-58)74-53-64(92-80-40-16-8-32-70(80)71-33-9-17-41-81(71)92)46-44-62(74)55-90-76-36-12-4-28-66(76)67-29-5-13-37-77(67)90)89-86(88-84)52-59-25-21-27-61(49-59)75-54-65(93-82-42-18-10-34-72(82)73-35-11-19-43-83(73)93)47-45-63(75)56-91-78-38-14-6-30-68(78)69-31-7-15-39-79(69)91/h1-49,53-54H,50-52,55-56H2. The molecule has 440 valence electrons. The molecule has 0 bridgehead atoms. The van der Waals surface area contributed by atoms with Crippen LogP contribution >= 0.6 is 0 Å². The maximum Gasteiger partial charge on any atom is 0.137 e. The number of rotatable bonds is 14. The highest BCUT2D eigenvalue weighted by Crippen LogP contribution is 2.40. The molecule has 18 rings (SSSR count). The summed E-state index contributed by atoms with van der Waals surface area (Å²) in [6.07, 6.45) is 1.65. The number of nitrogens with zero attached hydrogens (tertiary/aromatic N) is 7. The van der Waals surface area contributed by atoms with Gasteiger partial charge in [-0.15, -0.1) is 0 Å². The van der Waals surface area contributed by atoms with Gasteiger partial charge in [-0.1, -0.05) is 237 Å². The Morgan fingerprint density at radius 2 is 0.505 bits per heavy atom. The fourth-order valence-corrected chi connectivity index (χ4v) is 14.9. The molecule has 0 aliphatic heterocycles. The van der Waals surface area contributed by atoms with E-state index >= 15 is 0 Å². The number of para-hydroxylation sites is 8. The molecule has 0 saturated heterocycles. The first-order valence-electron chi connectivity index (χ1n) is 32.2. The van der Waals surface area contributed by atoms with E-state index in [-0.39, 0.29) is 0 Å². The Kier molecular flexibility index (Phi) is 13.1. The van der Waals surface area contributed by atoms with Crippen molar-refractivity contribution in [1.29, 1.82) is 0 Å². The third kappa shape index (κ3) is 9.55. The van der Waals surface area contributed by atoms with Gasteiger partial charge in [0, 0.05) is 109 Å². The lowest BCUT2D eigenvalue weighted by atomic mass is 9.96. The molecule has 0 radical (unpaired) electrons. The van der Waals surface area contributed by atoms with Crippen molar-refractivity contribution >= 4 is 87.2 Å². The van der Waals surface area contributed by atoms with Crippen molar-refractivity contribution in [2.45, 2.75) is 32.4 Å². The summed E-state index contributed by atoms with van der Waals surface area (Å²) in [6, 6.07) is 113. The molecule has 0 aliphatic rings. The minimum Gasteiger partial charge on any atom is -0.336 e. The van der Waals surface area contributed by atoms with Crippen LogP contribution in [0.5, 0.6) is 0 Å². The van der Waals surface area contributed by atoms with Gasteiger partial charge in [-0.2, -0.15) is 0 Å². The molecule has 0 amide bonds. The molecule has 0 atom stereocenters. The Labute approximate surface area is 538 Å². The monoisotopic (exact) mass is 1190 g/mol. The summed E-state index contributed by atoms with van der Waals surface area (Å²) in [7, 11) is 0. The zero-order valence-electron chi connectivity index (χ0n) is 51.1. The van der Waals surface area contributed by atoms with Gasteiger partial charge < -0.3 is 18.3 Å². The predicted octanol–water partition coefficient (Wildman–Crippen LogP) is 20.5. The average Bonchev–Trinajstić information content (AvgIpc) is 1.65. The Hall–Kier alpha value is -11.9. The van der Waals surface area contributed by atoms with Crippen LogP contribution in [0.4, 0.5) is 0 Å². The SMILES string of the molecule is c1ccc(Cc2nc(Cc3cccc(-c4cc(-n5c6ccccc6c6ccccc65)ccc4Cn4c5ccccc5c5ccccc54)c3)nc(Cc3cccc(-c4cc(-n5c6ccccc6c6ccccc65)ccc4Cn4c5ccccc5c5ccccc54)c3)n2)cc1. The third-order valence-corrected chi connectivity index (χ3v) is 19.1. The molecular formula is C86H61N7. The van der Waals surface area contributed by atoms with E-state index < -0.39 is 0 Å². The van der Waals surface area contributed by atoms with E-state index in [9.17, 15) is 0 Å². The topological polar surface area (TPSA) is 58.4 Å². The van der Waals surface area contributed by atoms with Crippen LogP contribution < -0.4 is 0 Å². The fourth-order valence-electron chi connectivity index (χ4n) is 14.9. The summed E-state index contributed by atoms with van der Waals surface area (Å²) in [5.74, 6) is 2.25. The van der Waals surface area contributed by atoms with Gasteiger partial charge in [-0.25, -0.2) is 15.0 Å². The van der Waals surface area contributed by atoms with E-state index in [1.807, 2.05) is 0 Å². The van der Waals surface area contributed by atoms with Crippen molar-refractivity contribution in [2.75, 3.05) is 0 Å². The number of benzene rings is 13. The smallest absolute Gasteiger partial charge is 0.137 e. The molecule has 7 nitrogen and oxygen atoms in total. The normalized spacial score (nSPS) is 11.9. The van der Waals surface area contributed by atoms with Crippen molar-refractivity contribution in [2.24, 2.45) is 0 Å². The summed E-state index contributed by atoms with van der Waals surface area (Å²) >= 11 is 0. The van der Waals surface area contributed by atoms with Gasteiger partial charge in [-0.05, 0) is 123 Å². The second-order valence-electron chi connectivity index (χ2n) is 24.7. The molecule has 93 heavy (non-hydrogen) atoms. The number of aromatic nitrogens is 7. The van der Waals surface area contributed by atoms with Gasteiger partial charge in [0.25, 0.3) is 0 Å². The van der Waals surface area contributed by atoms with E-state index in [1.54, 1.807) is 0 Å². The number of hydrogen-bond acceptors (Lipinski definition) is 3. The summed E-state index contributed by atoms with van der Waals surface area (Å²) < 4.78 is 9.82. The molecular weight excluding hydrogens is 1130 g/mol. The van der Waals surface area contributed by atoms with Crippen molar-refractivity contribution < 1.29 is 0 Å². The predicted molar refractivity (Wildman–Crippen MR) is 384 cm³/mol. The highest BCUT2D eigenvalue weighted by atomic mass is 15.0. The Morgan fingerprint density at radius 3 is 0.849 bits per heavy atom. The van der Waals surface area contributed by atoms with E-state index in [4.69, 9.17) is 15.0 Å². The molecule has 0 spiro atoms. The molecule has 18 aromatic rings. The van der Waals surface area contributed by atoms with Crippen LogP contribution in [0.3, 0.4) is 0 Å². The van der Waals surface area contributed by atoms with Crippen molar-refractivity contribution in [3.8, 4) is 33.6 Å². The van der Waals surface area contributed by atoms with Gasteiger partial charge in [0.2, 0.25) is 0 Å². The lowest BCUT2D eigenvalue weighted by Crippen LogP contribution is -2.10. The Balaban J connectivity index is 0.736. The summed E-state index contributed by atoms with van der Waals surface area (Å²) in [5, 5.41) is 10.0. The summed E-state index contributed by atoms with van der Waals surface area (Å²) in [5.41, 5.74) is 22.4. The molecule has 5 heterocycles. The van der Waals surface area contributed by atoms with Gasteiger partial charge in [0.1, 0.15) is 17.5 Å². The average molecular weight is 1190 g/mol. The number of fused-ring (bicyclic) bond motifs is 12. The minimum atomic E-state index is 0.529. The Morgan fingerprint density at radius 1 is 0.226 bits per heavy atom. The molecule has 0 fully saturated rings. The van der Waals surface area contributed by atoms with E-state index in [1.165, 1.54) is 109 Å². The molecule has 0 N–H and O–H groups in total. The zero-order chi connectivity index (χ0) is 61.3. The first-order chi connectivity index (χ1) is 46.1. The largest absolute Gasteiger partial charge is 0.336 e. The van der Waals surface area contributed by atoms with Crippen LogP contribution in [0.2, 0.25) is 0 Å². The van der Waals surface area contributed by atoms with Crippen LogP contribution in [0.1, 0.15) is 45.3 Å². The molecule has 7 heteroatoms. The van der Waals surface area contributed by atoms with Gasteiger partial charge in [-0.3, -0.25) is 0 Å². The highest BCUT2D eigenvalue weighted by molar-refractivity contribution is 6.12. The van der Waals surface area contributed by atoms with Crippen LogP contribution in [-0.2, 0) is 32.4 Å². The van der Waals surface area contributed by atoms with Gasteiger partial charge in [0.15, 0.2) is 0 Å². The van der Waals surface area contributed by atoms with Crippen molar-refractivity contribution in [3.63, 3.8) is 0 Å². The van der Waals surface area contributed by atoms with Crippen molar-refractivity contribution in [3.05, 3.63) is 355 Å². The summed E-state index contributed by atoms with van der Waals surface area (Å²) in [4.78, 5) is 16.0. The zero-order valence-corrected chi connectivity index (χ0v) is 51.1. The van der Waals surface area contributed by atoms with E-state index in [0.29, 0.717) is 32.4 Å². The van der Waals surface area contributed by atoms with E-state index in [2.05, 4.69) is 328 Å². The van der Waals surface area contributed by atoms with E-state index in [0.717, 1.165) is 56.7 Å². The summed E-state index contributed by atoms with van der Waals surface area (Å²) in [6.45, 7) is 1.38. The fraction of sp³-hybridized carbons (Fsp3) is 0.0581. The van der Waals surface area contributed by atoms with Gasteiger partial charge >= 0.3 is 0 Å². The molecule has 0 saturated carbocycles. The quantitative estimate of drug-likeness (QED) is 0.109. The lowest BCUT2D eigenvalue weighted by Gasteiger charge is -2.17. The first-order valence-corrected chi connectivity index (χ1v) is 32.2. The Bertz CT molecular complexity index is 5380. The maximum absolute atomic E-state index is 5.40. The van der Waals surface area contributed by atoms with Gasteiger partial charge in [0.05, 0.1) is 22.1 Å². The number of hydrogen-bond donors (Lipinski definition) is 0. The molecule has 0 unspecified atom stereocenters. The molecule has 0 aliphatic carbocycles. The minimum absolute atomic E-state index is 0.529. The third-order valence-electron chi connectivity index (χ3n) is 19.1. The molecule has 13 aromatic carbocycles. The maximum atomic E-state index is 5.40. The van der Waals surface area contributed by atoms with Crippen molar-refractivity contribution in [1.82, 2.24) is 33.2 Å². The van der Waals surface area contributed by atoms with Crippen LogP contribution in [-0.4, -0.2) is 33.2 Å². The second kappa shape index (κ2) is 22.5. The molecule has 5 aromatic heterocycles. The van der Waals surface area contributed by atoms with Crippen LogP contribution in [0, 0.1) is 0 Å². The van der Waals surface area contributed by atoms with Crippen LogP contribution in [0.25, 0.3) is 121 Å². The van der Waals surface area contributed by atoms with Crippen LogP contribution in [0.15, 0.2) is 309 Å². The highest BCUT2D eigenvalue weighted by Gasteiger charge is 2.21. The lowest BCUT2D eigenvalue weighted by molar-refractivity contribution is 0.797.